The maximum Gasteiger partial charge on any atom is 0.152 e. The molecule has 2 unspecified atom stereocenters. The summed E-state index contributed by atoms with van der Waals surface area (Å²) in [6.07, 6.45) is 5.47. The van der Waals surface area contributed by atoms with E-state index in [1.54, 1.807) is 17.7 Å². The number of fused-ring (bicyclic) bond motifs is 1. The van der Waals surface area contributed by atoms with Gasteiger partial charge in [0.25, 0.3) is 0 Å². The first-order valence-electron chi connectivity index (χ1n) is 7.33. The zero-order chi connectivity index (χ0) is 14.3. The highest BCUT2D eigenvalue weighted by Gasteiger charge is 2.26. The first kappa shape index (κ1) is 13.8. The Morgan fingerprint density at radius 3 is 2.60 bits per heavy atom. The van der Waals surface area contributed by atoms with E-state index in [1.807, 2.05) is 0 Å². The van der Waals surface area contributed by atoms with Gasteiger partial charge < -0.3 is 5.43 Å². The number of nitrogens with one attached hydrogen (secondary N) is 1. The molecule has 4 nitrogen and oxygen atoms in total. The Labute approximate surface area is 124 Å². The molecule has 0 radical (unpaired) electrons. The van der Waals surface area contributed by atoms with Crippen LogP contribution in [0.4, 0.5) is 5.82 Å². The van der Waals surface area contributed by atoms with Crippen molar-refractivity contribution in [1.82, 2.24) is 15.0 Å². The quantitative estimate of drug-likeness (QED) is 0.911. The van der Waals surface area contributed by atoms with Gasteiger partial charge in [-0.15, -0.1) is 11.3 Å². The van der Waals surface area contributed by atoms with Crippen molar-refractivity contribution in [2.75, 3.05) is 5.43 Å². The number of aromatic nitrogens is 2. The fourth-order valence-electron chi connectivity index (χ4n) is 3.03. The highest BCUT2D eigenvalue weighted by Crippen LogP contribution is 2.33. The maximum atomic E-state index is 4.49. The van der Waals surface area contributed by atoms with Crippen LogP contribution in [-0.4, -0.2) is 27.1 Å². The molecule has 1 N–H and O–H groups in total. The molecule has 20 heavy (non-hydrogen) atoms. The summed E-state index contributed by atoms with van der Waals surface area (Å²) in [5.41, 5.74) is 4.86. The Morgan fingerprint density at radius 2 is 1.90 bits per heavy atom. The summed E-state index contributed by atoms with van der Waals surface area (Å²) >= 11 is 1.75. The number of piperidine rings is 1. The smallest absolute Gasteiger partial charge is 0.152 e. The average Bonchev–Trinajstić information content (AvgIpc) is 2.71. The van der Waals surface area contributed by atoms with Gasteiger partial charge in [0.1, 0.15) is 11.2 Å². The second-order valence-corrected chi connectivity index (χ2v) is 7.04. The second-order valence-electron chi connectivity index (χ2n) is 5.83. The minimum atomic E-state index is 0.545. The van der Waals surface area contributed by atoms with Gasteiger partial charge in [-0.05, 0) is 46.1 Å². The van der Waals surface area contributed by atoms with E-state index >= 15 is 0 Å². The highest BCUT2D eigenvalue weighted by molar-refractivity contribution is 7.18. The van der Waals surface area contributed by atoms with E-state index in [2.05, 4.69) is 48.1 Å². The van der Waals surface area contributed by atoms with Crippen LogP contribution in [-0.2, 0) is 0 Å². The zero-order valence-electron chi connectivity index (χ0n) is 12.6. The van der Waals surface area contributed by atoms with Crippen LogP contribution in [0.5, 0.6) is 0 Å². The van der Waals surface area contributed by atoms with Crippen LogP contribution in [0.25, 0.3) is 10.2 Å². The van der Waals surface area contributed by atoms with Gasteiger partial charge in [0.15, 0.2) is 5.82 Å². The number of nitrogens with zero attached hydrogens (tertiary/aromatic N) is 3. The van der Waals surface area contributed by atoms with Crippen LogP contribution in [0.15, 0.2) is 6.33 Å². The standard InChI is InChI=1S/C15H22N4S/c1-9-6-5-7-10(2)19(9)18-14-13-11(3)12(4)20-15(13)17-8-16-14/h8-10H,5-7H2,1-4H3,(H,16,17,18). The van der Waals surface area contributed by atoms with Gasteiger partial charge in [0.05, 0.1) is 5.39 Å². The van der Waals surface area contributed by atoms with Gasteiger partial charge in [-0.3, -0.25) is 0 Å². The molecule has 1 aliphatic heterocycles. The van der Waals surface area contributed by atoms with Gasteiger partial charge >= 0.3 is 0 Å². The Kier molecular flexibility index (Phi) is 3.65. The third-order valence-electron chi connectivity index (χ3n) is 4.39. The van der Waals surface area contributed by atoms with E-state index in [0.717, 1.165) is 10.6 Å². The minimum absolute atomic E-state index is 0.545. The lowest BCUT2D eigenvalue weighted by atomic mass is 10.00. The first-order valence-corrected chi connectivity index (χ1v) is 8.15. The molecule has 0 spiro atoms. The van der Waals surface area contributed by atoms with Crippen molar-refractivity contribution < 1.29 is 0 Å². The molecule has 1 fully saturated rings. The predicted octanol–water partition coefficient (Wildman–Crippen LogP) is 3.90. The van der Waals surface area contributed by atoms with Crippen LogP contribution in [0.3, 0.4) is 0 Å². The molecule has 0 aliphatic carbocycles. The Balaban J connectivity index is 1.98. The van der Waals surface area contributed by atoms with Crippen molar-refractivity contribution in [1.29, 1.82) is 0 Å². The fraction of sp³-hybridized carbons (Fsp3) is 0.600. The third kappa shape index (κ3) is 2.29. The van der Waals surface area contributed by atoms with Crippen molar-refractivity contribution in [3.05, 3.63) is 16.8 Å². The summed E-state index contributed by atoms with van der Waals surface area (Å²) in [5, 5.41) is 3.54. The van der Waals surface area contributed by atoms with E-state index in [1.165, 1.54) is 35.1 Å². The lowest BCUT2D eigenvalue weighted by Crippen LogP contribution is -2.47. The topological polar surface area (TPSA) is 41.1 Å². The molecule has 108 valence electrons. The molecule has 0 amide bonds. The average molecular weight is 290 g/mol. The summed E-state index contributed by atoms with van der Waals surface area (Å²) in [5.74, 6) is 0.956. The molecule has 2 atom stereocenters. The number of hydrogen-bond donors (Lipinski definition) is 1. The van der Waals surface area contributed by atoms with Gasteiger partial charge in [-0.1, -0.05) is 6.42 Å². The number of hydrogen-bond acceptors (Lipinski definition) is 5. The number of thiophene rings is 1. The normalized spacial score (nSPS) is 24.2. The monoisotopic (exact) mass is 290 g/mol. The van der Waals surface area contributed by atoms with Crippen LogP contribution < -0.4 is 5.43 Å². The second kappa shape index (κ2) is 5.30. The minimum Gasteiger partial charge on any atom is -0.302 e. The number of anilines is 1. The van der Waals surface area contributed by atoms with Crippen LogP contribution >= 0.6 is 11.3 Å². The van der Waals surface area contributed by atoms with E-state index in [4.69, 9.17) is 0 Å². The van der Waals surface area contributed by atoms with Crippen molar-refractivity contribution in [3.63, 3.8) is 0 Å². The molecular formula is C15H22N4S. The largest absolute Gasteiger partial charge is 0.302 e. The highest BCUT2D eigenvalue weighted by atomic mass is 32.1. The summed E-state index contributed by atoms with van der Waals surface area (Å²) in [7, 11) is 0. The molecule has 0 aromatic carbocycles. The molecule has 1 aliphatic rings. The summed E-state index contributed by atoms with van der Waals surface area (Å²) in [6, 6.07) is 1.09. The van der Waals surface area contributed by atoms with Crippen molar-refractivity contribution in [2.24, 2.45) is 0 Å². The van der Waals surface area contributed by atoms with E-state index < -0.39 is 0 Å². The van der Waals surface area contributed by atoms with Crippen molar-refractivity contribution in [2.45, 2.75) is 59.0 Å². The fourth-order valence-corrected chi connectivity index (χ4v) is 4.03. The molecule has 3 heterocycles. The lowest BCUT2D eigenvalue weighted by molar-refractivity contribution is 0.135. The van der Waals surface area contributed by atoms with Crippen LogP contribution in [0, 0.1) is 13.8 Å². The summed E-state index contributed by atoms with van der Waals surface area (Å²) in [4.78, 5) is 11.3. The zero-order valence-corrected chi connectivity index (χ0v) is 13.4. The SMILES string of the molecule is Cc1sc2ncnc(NN3C(C)CCCC3C)c2c1C. The lowest BCUT2D eigenvalue weighted by Gasteiger charge is -2.39. The molecule has 2 aromatic heterocycles. The predicted molar refractivity (Wildman–Crippen MR) is 85.1 cm³/mol. The third-order valence-corrected chi connectivity index (χ3v) is 5.51. The molecule has 5 heteroatoms. The summed E-state index contributed by atoms with van der Waals surface area (Å²) < 4.78 is 0. The molecule has 2 aromatic rings. The molecule has 3 rings (SSSR count). The van der Waals surface area contributed by atoms with Crippen molar-refractivity contribution in [3.8, 4) is 0 Å². The van der Waals surface area contributed by atoms with E-state index in [0.29, 0.717) is 12.1 Å². The molecule has 0 bridgehead atoms. The van der Waals surface area contributed by atoms with Gasteiger partial charge in [0.2, 0.25) is 0 Å². The Hall–Kier alpha value is -1.20. The van der Waals surface area contributed by atoms with Crippen molar-refractivity contribution >= 4 is 27.4 Å². The summed E-state index contributed by atoms with van der Waals surface area (Å²) in [6.45, 7) is 8.88. The Bertz CT molecular complexity index is 612. The van der Waals surface area contributed by atoms with Gasteiger partial charge in [0, 0.05) is 17.0 Å². The molecule has 1 saturated heterocycles. The molecular weight excluding hydrogens is 268 g/mol. The van der Waals surface area contributed by atoms with Gasteiger partial charge in [-0.2, -0.15) is 0 Å². The van der Waals surface area contributed by atoms with Crippen LogP contribution in [0.2, 0.25) is 0 Å². The van der Waals surface area contributed by atoms with E-state index in [9.17, 15) is 0 Å². The van der Waals surface area contributed by atoms with Crippen LogP contribution in [0.1, 0.15) is 43.6 Å². The first-order chi connectivity index (χ1) is 9.58. The maximum absolute atomic E-state index is 4.49. The van der Waals surface area contributed by atoms with Gasteiger partial charge in [-0.25, -0.2) is 15.0 Å². The number of hydrazine groups is 1. The Morgan fingerprint density at radius 1 is 1.20 bits per heavy atom. The molecule has 0 saturated carbocycles. The number of aryl methyl sites for hydroxylation is 2. The number of rotatable bonds is 2. The van der Waals surface area contributed by atoms with E-state index in [-0.39, 0.29) is 0 Å².